The molecule has 1 aliphatic carbocycles. The molecule has 38 heavy (non-hydrogen) atoms. The number of nitrogens with one attached hydrogen (secondary N) is 1. The van der Waals surface area contributed by atoms with Crippen molar-refractivity contribution in [2.24, 2.45) is 29.4 Å². The van der Waals surface area contributed by atoms with E-state index in [4.69, 9.17) is 5.73 Å². The maximum absolute atomic E-state index is 14.1. The van der Waals surface area contributed by atoms with Crippen molar-refractivity contribution >= 4 is 34.8 Å². The topological polar surface area (TPSA) is 95.7 Å². The quantitative estimate of drug-likeness (QED) is 0.396. The molecule has 1 aliphatic heterocycles. The van der Waals surface area contributed by atoms with Gasteiger partial charge in [-0.05, 0) is 55.4 Å². The molecule has 2 aromatic rings. The molecule has 1 unspecified atom stereocenters. The highest BCUT2D eigenvalue weighted by atomic mass is 16.2. The second kappa shape index (κ2) is 12.3. The van der Waals surface area contributed by atoms with Crippen LogP contribution in [-0.4, -0.2) is 36.9 Å². The van der Waals surface area contributed by atoms with Crippen LogP contribution in [0.5, 0.6) is 0 Å². The monoisotopic (exact) mass is 516 g/mol. The maximum atomic E-state index is 14.1. The summed E-state index contributed by atoms with van der Waals surface area (Å²) in [6.45, 7) is 8.66. The Balaban J connectivity index is 1.70. The number of carbonyl (C=O) groups excluding carboxylic acids is 3. The smallest absolute Gasteiger partial charge is 0.251 e. The van der Waals surface area contributed by atoms with Crippen molar-refractivity contribution in [3.05, 3.63) is 67.3 Å². The Morgan fingerprint density at radius 2 is 1.71 bits per heavy atom. The van der Waals surface area contributed by atoms with E-state index in [9.17, 15) is 14.4 Å². The summed E-state index contributed by atoms with van der Waals surface area (Å²) in [6.07, 6.45) is 5.77. The molecule has 4 rings (SSSR count). The molecule has 2 aromatic carbocycles. The first-order valence-electron chi connectivity index (χ1n) is 13.7. The highest BCUT2D eigenvalue weighted by molar-refractivity contribution is 6.04. The number of fused-ring (bicyclic) bond motifs is 1. The first-order chi connectivity index (χ1) is 18.3. The zero-order chi connectivity index (χ0) is 27.2. The van der Waals surface area contributed by atoms with Crippen molar-refractivity contribution in [2.75, 3.05) is 22.9 Å². The van der Waals surface area contributed by atoms with Crippen LogP contribution in [0, 0.1) is 23.7 Å². The van der Waals surface area contributed by atoms with E-state index in [1.165, 1.54) is 12.8 Å². The largest absolute Gasteiger partial charge is 0.369 e. The van der Waals surface area contributed by atoms with Gasteiger partial charge in [0.05, 0.1) is 29.8 Å². The molecule has 1 heterocycles. The van der Waals surface area contributed by atoms with Crippen molar-refractivity contribution in [3.63, 3.8) is 0 Å². The Kier molecular flexibility index (Phi) is 8.87. The maximum Gasteiger partial charge on any atom is 0.251 e. The van der Waals surface area contributed by atoms with Crippen molar-refractivity contribution in [1.29, 1.82) is 0 Å². The van der Waals surface area contributed by atoms with Crippen LogP contribution in [0.15, 0.2) is 67.3 Å². The van der Waals surface area contributed by atoms with E-state index in [1.807, 2.05) is 73.3 Å². The van der Waals surface area contributed by atoms with Gasteiger partial charge in [-0.1, -0.05) is 63.1 Å². The number of rotatable bonds is 12. The molecular weight excluding hydrogens is 476 g/mol. The van der Waals surface area contributed by atoms with E-state index in [0.29, 0.717) is 25.3 Å². The van der Waals surface area contributed by atoms with Gasteiger partial charge >= 0.3 is 0 Å². The number of allylic oxidation sites excluding steroid dienone is 1. The van der Waals surface area contributed by atoms with E-state index < -0.39 is 23.8 Å². The normalized spacial score (nSPS) is 18.9. The average Bonchev–Trinajstić information content (AvgIpc) is 3.74. The molecule has 1 fully saturated rings. The Bertz CT molecular complexity index is 1140. The summed E-state index contributed by atoms with van der Waals surface area (Å²) < 4.78 is 0. The molecular formula is C31H40N4O3. The predicted molar refractivity (Wildman–Crippen MR) is 152 cm³/mol. The Labute approximate surface area is 226 Å². The highest BCUT2D eigenvalue weighted by Crippen LogP contribution is 2.39. The summed E-state index contributed by atoms with van der Waals surface area (Å²) in [4.78, 5) is 44.2. The summed E-state index contributed by atoms with van der Waals surface area (Å²) in [5, 5.41) is 3.06. The molecule has 3 N–H and O–H groups in total. The number of hydrogen-bond donors (Lipinski definition) is 2. The van der Waals surface area contributed by atoms with Crippen LogP contribution in [0.3, 0.4) is 0 Å². The lowest BCUT2D eigenvalue weighted by molar-refractivity contribution is -0.135. The van der Waals surface area contributed by atoms with Gasteiger partial charge in [-0.25, -0.2) is 0 Å². The van der Waals surface area contributed by atoms with Crippen LogP contribution in [0.4, 0.5) is 17.1 Å². The molecule has 0 aromatic heterocycles. The molecule has 7 nitrogen and oxygen atoms in total. The van der Waals surface area contributed by atoms with Crippen molar-refractivity contribution in [3.8, 4) is 0 Å². The van der Waals surface area contributed by atoms with Gasteiger partial charge in [0.1, 0.15) is 6.04 Å². The fraction of sp³-hybridized carbons (Fsp3) is 0.452. The molecule has 2 aliphatic rings. The van der Waals surface area contributed by atoms with Crippen molar-refractivity contribution < 1.29 is 14.4 Å². The van der Waals surface area contributed by atoms with E-state index in [-0.39, 0.29) is 24.3 Å². The number of para-hydroxylation sites is 3. The number of nitrogens with two attached hydrogens (primary N) is 1. The van der Waals surface area contributed by atoms with Crippen molar-refractivity contribution in [1.82, 2.24) is 5.32 Å². The zero-order valence-electron chi connectivity index (χ0n) is 22.5. The summed E-state index contributed by atoms with van der Waals surface area (Å²) >= 11 is 0. The van der Waals surface area contributed by atoms with Crippen molar-refractivity contribution in [2.45, 2.75) is 52.0 Å². The Morgan fingerprint density at radius 3 is 2.32 bits per heavy atom. The van der Waals surface area contributed by atoms with Gasteiger partial charge in [0.25, 0.3) is 5.91 Å². The summed E-state index contributed by atoms with van der Waals surface area (Å²) in [5.74, 6) is -1.47. The van der Waals surface area contributed by atoms with Gasteiger partial charge in [-0.15, -0.1) is 6.58 Å². The van der Waals surface area contributed by atoms with Crippen LogP contribution >= 0.6 is 0 Å². The summed E-state index contributed by atoms with van der Waals surface area (Å²) in [7, 11) is 0. The third kappa shape index (κ3) is 6.44. The molecule has 202 valence electrons. The fourth-order valence-electron chi connectivity index (χ4n) is 5.39. The molecule has 0 saturated heterocycles. The van der Waals surface area contributed by atoms with Gasteiger partial charge < -0.3 is 20.9 Å². The molecule has 7 heteroatoms. The number of primary amides is 1. The van der Waals surface area contributed by atoms with Crippen LogP contribution in [-0.2, 0) is 14.4 Å². The van der Waals surface area contributed by atoms with E-state index in [1.54, 1.807) is 6.08 Å². The zero-order valence-corrected chi connectivity index (χ0v) is 22.5. The number of amides is 3. The molecule has 0 spiro atoms. The fourth-order valence-corrected chi connectivity index (χ4v) is 5.39. The molecule has 0 radical (unpaired) electrons. The molecule has 1 saturated carbocycles. The molecule has 3 amide bonds. The minimum absolute atomic E-state index is 0.132. The van der Waals surface area contributed by atoms with Crippen LogP contribution in [0.1, 0.15) is 46.0 Å². The van der Waals surface area contributed by atoms with Gasteiger partial charge in [0, 0.05) is 12.2 Å². The Hall–Kier alpha value is -3.61. The second-order valence-corrected chi connectivity index (χ2v) is 11.0. The van der Waals surface area contributed by atoms with E-state index in [2.05, 4.69) is 16.8 Å². The standard InChI is InChI=1S/C31H40N4O3/c1-4-10-24(29(32)36)25(19-21(2)3)30(37)33-26-20-35(23-11-6-5-7-12-23)28-14-9-8-13-27(28)34(31(26)38)18-17-22-15-16-22/h4-9,11-14,21-22,24-26H,1,10,15-20H2,2-3H3,(H2,32,36)(H,33,37)/t24-,25+,26?/m0/s1. The third-order valence-corrected chi connectivity index (χ3v) is 7.57. The first kappa shape index (κ1) is 27.4. The first-order valence-corrected chi connectivity index (χ1v) is 13.7. The summed E-state index contributed by atoms with van der Waals surface area (Å²) in [6, 6.07) is 17.0. The van der Waals surface area contributed by atoms with E-state index >= 15 is 0 Å². The number of nitrogens with zero attached hydrogens (tertiary/aromatic N) is 2. The second-order valence-electron chi connectivity index (χ2n) is 11.0. The highest BCUT2D eigenvalue weighted by Gasteiger charge is 2.39. The minimum atomic E-state index is -0.791. The lowest BCUT2D eigenvalue weighted by atomic mass is 9.82. The Morgan fingerprint density at radius 1 is 1.05 bits per heavy atom. The predicted octanol–water partition coefficient (Wildman–Crippen LogP) is 4.80. The molecule has 3 atom stereocenters. The van der Waals surface area contributed by atoms with Crippen LogP contribution < -0.4 is 20.9 Å². The number of carbonyl (C=O) groups is 3. The minimum Gasteiger partial charge on any atom is -0.369 e. The molecule has 0 bridgehead atoms. The van der Waals surface area contributed by atoms with Gasteiger partial charge in [-0.3, -0.25) is 14.4 Å². The number of hydrogen-bond acceptors (Lipinski definition) is 4. The lowest BCUT2D eigenvalue weighted by Gasteiger charge is -2.30. The van der Waals surface area contributed by atoms with Gasteiger partial charge in [-0.2, -0.15) is 0 Å². The van der Waals surface area contributed by atoms with Gasteiger partial charge in [0.15, 0.2) is 0 Å². The summed E-state index contributed by atoms with van der Waals surface area (Å²) in [5.41, 5.74) is 8.44. The SMILES string of the molecule is C=CC[C@H](C(N)=O)[C@@H](CC(C)C)C(=O)NC1CN(c2ccccc2)c2ccccc2N(CCC2CC2)C1=O. The van der Waals surface area contributed by atoms with Crippen LogP contribution in [0.25, 0.3) is 0 Å². The van der Waals surface area contributed by atoms with Crippen LogP contribution in [0.2, 0.25) is 0 Å². The van der Waals surface area contributed by atoms with Gasteiger partial charge in [0.2, 0.25) is 11.8 Å². The van der Waals surface area contributed by atoms with E-state index in [0.717, 1.165) is 23.5 Å². The number of anilines is 3. The lowest BCUT2D eigenvalue weighted by Crippen LogP contribution is -2.54. The third-order valence-electron chi connectivity index (χ3n) is 7.57. The average molecular weight is 517 g/mol. The number of benzene rings is 2.